The number of hydrogen-bond acceptors (Lipinski definition) is 4. The summed E-state index contributed by atoms with van der Waals surface area (Å²) >= 11 is 0. The fourth-order valence-corrected chi connectivity index (χ4v) is 3.39. The molecule has 0 saturated heterocycles. The lowest BCUT2D eigenvalue weighted by Gasteiger charge is -2.28. The molecule has 1 atom stereocenters. The third kappa shape index (κ3) is 5.12. The zero-order valence-electron chi connectivity index (χ0n) is 14.4. The minimum absolute atomic E-state index is 0.00379. The van der Waals surface area contributed by atoms with Crippen molar-refractivity contribution in [2.24, 2.45) is 0 Å². The van der Waals surface area contributed by atoms with E-state index in [2.05, 4.69) is 45.8 Å². The van der Waals surface area contributed by atoms with Gasteiger partial charge in [0.15, 0.2) is 0 Å². The van der Waals surface area contributed by atoms with Gasteiger partial charge in [0.1, 0.15) is 0 Å². The number of nitrogens with one attached hydrogen (secondary N) is 1. The fourth-order valence-electron chi connectivity index (χ4n) is 2.67. The summed E-state index contributed by atoms with van der Waals surface area (Å²) in [5.41, 5.74) is 3.32. The maximum Gasteiger partial charge on any atom is 0.211 e. The molecule has 0 aliphatic rings. The number of aromatic nitrogens is 1. The summed E-state index contributed by atoms with van der Waals surface area (Å²) in [6, 6.07) is 14.3. The number of pyridine rings is 1. The average molecular weight is 347 g/mol. The molecular formula is C18H25N3O2S. The monoisotopic (exact) mass is 347 g/mol. The van der Waals surface area contributed by atoms with Gasteiger partial charge in [-0.25, -0.2) is 13.1 Å². The van der Waals surface area contributed by atoms with Crippen LogP contribution >= 0.6 is 0 Å². The summed E-state index contributed by atoms with van der Waals surface area (Å²) in [5, 5.41) is 0. The van der Waals surface area contributed by atoms with Crippen LogP contribution < -0.4 is 4.72 Å². The summed E-state index contributed by atoms with van der Waals surface area (Å²) < 4.78 is 25.5. The number of hydrogen-bond donors (Lipinski definition) is 1. The Labute approximate surface area is 144 Å². The molecule has 24 heavy (non-hydrogen) atoms. The Balaban J connectivity index is 2.18. The summed E-state index contributed by atoms with van der Waals surface area (Å²) in [6.45, 7) is 2.72. The lowest BCUT2D eigenvalue weighted by molar-refractivity contribution is 0.275. The summed E-state index contributed by atoms with van der Waals surface area (Å²) in [7, 11) is 0.284. The number of sulfonamides is 1. The molecule has 0 fully saturated rings. The van der Waals surface area contributed by atoms with Gasteiger partial charge in [0.05, 0.1) is 17.5 Å². The highest BCUT2D eigenvalue weighted by molar-refractivity contribution is 7.89. The first-order valence-electron chi connectivity index (χ1n) is 8.02. The molecule has 1 aromatic heterocycles. The van der Waals surface area contributed by atoms with Crippen LogP contribution in [-0.4, -0.2) is 44.7 Å². The molecule has 5 nitrogen and oxygen atoms in total. The van der Waals surface area contributed by atoms with Gasteiger partial charge in [0.2, 0.25) is 10.0 Å². The van der Waals surface area contributed by atoms with E-state index < -0.39 is 10.0 Å². The van der Waals surface area contributed by atoms with Crippen LogP contribution in [0.25, 0.3) is 0 Å². The fraction of sp³-hybridized carbons (Fsp3) is 0.389. The minimum atomic E-state index is -3.17. The molecule has 0 saturated carbocycles. The van der Waals surface area contributed by atoms with Crippen LogP contribution in [0.4, 0.5) is 0 Å². The molecule has 0 amide bonds. The Morgan fingerprint density at radius 1 is 1.17 bits per heavy atom. The van der Waals surface area contributed by atoms with Crippen molar-refractivity contribution in [1.29, 1.82) is 0 Å². The summed E-state index contributed by atoms with van der Waals surface area (Å²) in [5.74, 6) is 0.122. The number of nitrogens with zero attached hydrogens (tertiary/aromatic N) is 2. The molecule has 130 valence electrons. The van der Waals surface area contributed by atoms with E-state index in [0.29, 0.717) is 13.0 Å². The zero-order chi connectivity index (χ0) is 17.6. The second-order valence-electron chi connectivity index (χ2n) is 5.92. The van der Waals surface area contributed by atoms with Crippen LogP contribution in [0.2, 0.25) is 0 Å². The first kappa shape index (κ1) is 18.6. The Morgan fingerprint density at radius 2 is 1.88 bits per heavy atom. The number of rotatable bonds is 8. The standard InChI is InChI=1S/C18H25N3O2S/c1-15-8-10-16(11-9-15)18(17-7-4-5-12-20-17)21(3)13-6-14-24(22,23)19-2/h4-5,7-12,18-19H,6,13-14H2,1-3H3/t18-/m0/s1. The van der Waals surface area contributed by atoms with E-state index in [1.165, 1.54) is 12.6 Å². The average Bonchev–Trinajstić information content (AvgIpc) is 2.58. The van der Waals surface area contributed by atoms with Crippen molar-refractivity contribution in [3.63, 3.8) is 0 Å². The van der Waals surface area contributed by atoms with Gasteiger partial charge in [0, 0.05) is 6.20 Å². The predicted octanol–water partition coefficient (Wildman–Crippen LogP) is 2.35. The molecule has 2 aromatic rings. The Bertz CT molecular complexity index is 731. The van der Waals surface area contributed by atoms with Crippen LogP contribution in [0, 0.1) is 6.92 Å². The highest BCUT2D eigenvalue weighted by atomic mass is 32.2. The van der Waals surface area contributed by atoms with E-state index in [-0.39, 0.29) is 11.8 Å². The van der Waals surface area contributed by atoms with Gasteiger partial charge < -0.3 is 0 Å². The molecule has 0 aliphatic heterocycles. The molecule has 1 heterocycles. The Morgan fingerprint density at radius 3 is 2.46 bits per heavy atom. The second kappa shape index (κ2) is 8.37. The van der Waals surface area contributed by atoms with Crippen molar-refractivity contribution in [2.45, 2.75) is 19.4 Å². The molecule has 1 aromatic carbocycles. The van der Waals surface area contributed by atoms with E-state index in [4.69, 9.17) is 0 Å². The normalized spacial score (nSPS) is 13.2. The van der Waals surface area contributed by atoms with Crippen LogP contribution in [-0.2, 0) is 10.0 Å². The molecule has 0 spiro atoms. The van der Waals surface area contributed by atoms with Gasteiger partial charge in [-0.05, 0) is 51.7 Å². The largest absolute Gasteiger partial charge is 0.294 e. The number of benzene rings is 1. The SMILES string of the molecule is CNS(=O)(=O)CCCN(C)[C@@H](c1ccc(C)cc1)c1ccccn1. The lowest BCUT2D eigenvalue weighted by atomic mass is 10.0. The zero-order valence-corrected chi connectivity index (χ0v) is 15.3. The van der Waals surface area contributed by atoms with Crippen molar-refractivity contribution in [3.05, 3.63) is 65.5 Å². The van der Waals surface area contributed by atoms with Crippen LogP contribution in [0.15, 0.2) is 48.7 Å². The van der Waals surface area contributed by atoms with Gasteiger partial charge in [-0.3, -0.25) is 9.88 Å². The molecule has 2 rings (SSSR count). The minimum Gasteiger partial charge on any atom is -0.294 e. The van der Waals surface area contributed by atoms with Crippen LogP contribution in [0.5, 0.6) is 0 Å². The lowest BCUT2D eigenvalue weighted by Crippen LogP contribution is -2.30. The van der Waals surface area contributed by atoms with Crippen molar-refractivity contribution in [1.82, 2.24) is 14.6 Å². The molecule has 0 aliphatic carbocycles. The van der Waals surface area contributed by atoms with Crippen molar-refractivity contribution >= 4 is 10.0 Å². The van der Waals surface area contributed by atoms with Gasteiger partial charge >= 0.3 is 0 Å². The van der Waals surface area contributed by atoms with Crippen molar-refractivity contribution in [2.75, 3.05) is 26.4 Å². The van der Waals surface area contributed by atoms with E-state index in [9.17, 15) is 8.42 Å². The van der Waals surface area contributed by atoms with E-state index in [0.717, 1.165) is 11.3 Å². The van der Waals surface area contributed by atoms with Gasteiger partial charge in [0.25, 0.3) is 0 Å². The first-order chi connectivity index (χ1) is 11.4. The molecular weight excluding hydrogens is 322 g/mol. The first-order valence-corrected chi connectivity index (χ1v) is 9.67. The molecule has 0 radical (unpaired) electrons. The quantitative estimate of drug-likeness (QED) is 0.796. The molecule has 0 bridgehead atoms. The van der Waals surface area contributed by atoms with Crippen LogP contribution in [0.1, 0.15) is 29.3 Å². The topological polar surface area (TPSA) is 62.3 Å². The van der Waals surface area contributed by atoms with Gasteiger partial charge in [-0.2, -0.15) is 0 Å². The molecule has 1 N–H and O–H groups in total. The maximum absolute atomic E-state index is 11.6. The third-order valence-electron chi connectivity index (χ3n) is 4.04. The van der Waals surface area contributed by atoms with Crippen molar-refractivity contribution < 1.29 is 8.42 Å². The van der Waals surface area contributed by atoms with Crippen LogP contribution in [0.3, 0.4) is 0 Å². The van der Waals surface area contributed by atoms with Crippen molar-refractivity contribution in [3.8, 4) is 0 Å². The second-order valence-corrected chi connectivity index (χ2v) is 7.97. The van der Waals surface area contributed by atoms with E-state index in [1.54, 1.807) is 6.20 Å². The molecule has 6 heteroatoms. The third-order valence-corrected chi connectivity index (χ3v) is 5.48. The van der Waals surface area contributed by atoms with E-state index >= 15 is 0 Å². The Kier molecular flexibility index (Phi) is 6.48. The smallest absolute Gasteiger partial charge is 0.211 e. The molecule has 0 unspecified atom stereocenters. The predicted molar refractivity (Wildman–Crippen MR) is 97.4 cm³/mol. The Hall–Kier alpha value is -1.76. The van der Waals surface area contributed by atoms with E-state index in [1.807, 2.05) is 25.2 Å². The number of aryl methyl sites for hydroxylation is 1. The summed E-state index contributed by atoms with van der Waals surface area (Å²) in [6.07, 6.45) is 2.35. The van der Waals surface area contributed by atoms with Gasteiger partial charge in [-0.15, -0.1) is 0 Å². The highest BCUT2D eigenvalue weighted by Gasteiger charge is 2.20. The maximum atomic E-state index is 11.6. The van der Waals surface area contributed by atoms with Gasteiger partial charge in [-0.1, -0.05) is 35.9 Å². The highest BCUT2D eigenvalue weighted by Crippen LogP contribution is 2.26. The summed E-state index contributed by atoms with van der Waals surface area (Å²) in [4.78, 5) is 6.65.